The summed E-state index contributed by atoms with van der Waals surface area (Å²) in [6.45, 7) is 0.986. The number of pyridine rings is 1. The molecule has 1 aliphatic rings. The average Bonchev–Trinajstić information content (AvgIpc) is 3.14. The van der Waals surface area contributed by atoms with E-state index in [4.69, 9.17) is 14.2 Å². The molecule has 0 saturated carbocycles. The van der Waals surface area contributed by atoms with Gasteiger partial charge in [-0.15, -0.1) is 0 Å². The average molecular weight is 394 g/mol. The highest BCUT2D eigenvalue weighted by Crippen LogP contribution is 2.35. The lowest BCUT2D eigenvalue weighted by Gasteiger charge is -2.19. The smallest absolute Gasteiger partial charge is 0.213 e. The van der Waals surface area contributed by atoms with Crippen LogP contribution in [0.25, 0.3) is 0 Å². The van der Waals surface area contributed by atoms with E-state index in [-0.39, 0.29) is 17.6 Å². The third kappa shape index (κ3) is 5.35. The van der Waals surface area contributed by atoms with Gasteiger partial charge in [0.05, 0.1) is 12.7 Å². The maximum atomic E-state index is 6.27. The maximum absolute atomic E-state index is 6.27. The van der Waals surface area contributed by atoms with Crippen LogP contribution in [-0.4, -0.2) is 29.2 Å². The van der Waals surface area contributed by atoms with E-state index in [1.165, 1.54) is 4.90 Å². The summed E-state index contributed by atoms with van der Waals surface area (Å²) in [5.74, 6) is 0.604. The summed E-state index contributed by atoms with van der Waals surface area (Å²) in [6.07, 6.45) is 2.39. The lowest BCUT2D eigenvalue weighted by Crippen LogP contribution is -2.30. The number of nitrogens with zero attached hydrogens (tertiary/aromatic N) is 1. The first-order chi connectivity index (χ1) is 13.9. The van der Waals surface area contributed by atoms with Crippen LogP contribution in [0.15, 0.2) is 90.0 Å². The van der Waals surface area contributed by atoms with E-state index in [9.17, 15) is 0 Å². The van der Waals surface area contributed by atoms with Crippen molar-refractivity contribution >= 4 is 11.8 Å². The summed E-state index contributed by atoms with van der Waals surface area (Å²) >= 11 is 1.73. The zero-order valence-corrected chi connectivity index (χ0v) is 16.3. The monoisotopic (exact) mass is 393 g/mol. The second-order valence-corrected chi connectivity index (χ2v) is 7.82. The zero-order chi connectivity index (χ0) is 19.0. The number of benzene rings is 2. The van der Waals surface area contributed by atoms with Gasteiger partial charge in [-0.05, 0) is 23.8 Å². The molecule has 28 heavy (non-hydrogen) atoms. The SMILES string of the molecule is c1ccc(CO[C@H]2CC(Sc3ccccc3)O[C@@H]2COc2ccccn2)cc1. The van der Waals surface area contributed by atoms with Gasteiger partial charge in [0.1, 0.15) is 18.1 Å². The normalized spacial score (nSPS) is 21.5. The highest BCUT2D eigenvalue weighted by atomic mass is 32.2. The first kappa shape index (κ1) is 19.0. The summed E-state index contributed by atoms with van der Waals surface area (Å²) in [6, 6.07) is 26.2. The summed E-state index contributed by atoms with van der Waals surface area (Å²) in [5, 5.41) is 0. The number of aromatic nitrogens is 1. The number of hydrogen-bond acceptors (Lipinski definition) is 5. The maximum Gasteiger partial charge on any atom is 0.213 e. The minimum absolute atomic E-state index is 0.0230. The Morgan fingerprint density at radius 1 is 0.929 bits per heavy atom. The van der Waals surface area contributed by atoms with Gasteiger partial charge in [-0.1, -0.05) is 66.4 Å². The summed E-state index contributed by atoms with van der Waals surface area (Å²) in [4.78, 5) is 5.42. The Morgan fingerprint density at radius 2 is 1.68 bits per heavy atom. The predicted molar refractivity (Wildman–Crippen MR) is 110 cm³/mol. The Hall–Kier alpha value is -2.34. The molecule has 0 N–H and O–H groups in total. The number of thioether (sulfide) groups is 1. The van der Waals surface area contributed by atoms with E-state index in [0.717, 1.165) is 12.0 Å². The third-order valence-electron chi connectivity index (χ3n) is 4.52. The van der Waals surface area contributed by atoms with Gasteiger partial charge in [0.15, 0.2) is 0 Å². The highest BCUT2D eigenvalue weighted by molar-refractivity contribution is 7.99. The number of hydrogen-bond donors (Lipinski definition) is 0. The van der Waals surface area contributed by atoms with E-state index >= 15 is 0 Å². The summed E-state index contributed by atoms with van der Waals surface area (Å²) in [7, 11) is 0. The molecule has 0 bridgehead atoms. The van der Waals surface area contributed by atoms with Gasteiger partial charge < -0.3 is 14.2 Å². The van der Waals surface area contributed by atoms with Gasteiger partial charge in [0.25, 0.3) is 0 Å². The van der Waals surface area contributed by atoms with E-state index in [1.54, 1.807) is 18.0 Å². The fraction of sp³-hybridized carbons (Fsp3) is 0.261. The van der Waals surface area contributed by atoms with Gasteiger partial charge in [0.2, 0.25) is 5.88 Å². The van der Waals surface area contributed by atoms with Crippen LogP contribution in [0.4, 0.5) is 0 Å². The fourth-order valence-electron chi connectivity index (χ4n) is 3.11. The number of rotatable bonds is 8. The Labute approximate surface area is 169 Å². The van der Waals surface area contributed by atoms with Crippen molar-refractivity contribution in [1.29, 1.82) is 0 Å². The van der Waals surface area contributed by atoms with Crippen molar-refractivity contribution < 1.29 is 14.2 Å². The van der Waals surface area contributed by atoms with Gasteiger partial charge >= 0.3 is 0 Å². The Balaban J connectivity index is 1.39. The predicted octanol–water partition coefficient (Wildman–Crippen LogP) is 4.95. The van der Waals surface area contributed by atoms with Crippen molar-refractivity contribution in [1.82, 2.24) is 4.98 Å². The zero-order valence-electron chi connectivity index (χ0n) is 15.5. The summed E-state index contributed by atoms with van der Waals surface area (Å²) < 4.78 is 18.3. The largest absolute Gasteiger partial charge is 0.475 e. The molecule has 1 aliphatic heterocycles. The molecule has 1 saturated heterocycles. The van der Waals surface area contributed by atoms with Crippen LogP contribution >= 0.6 is 11.8 Å². The van der Waals surface area contributed by atoms with Crippen LogP contribution in [0.2, 0.25) is 0 Å². The first-order valence-electron chi connectivity index (χ1n) is 9.43. The van der Waals surface area contributed by atoms with Crippen LogP contribution in [0, 0.1) is 0 Å². The van der Waals surface area contributed by atoms with Crippen molar-refractivity contribution in [3.8, 4) is 5.88 Å². The molecule has 0 radical (unpaired) electrons. The molecule has 2 aromatic carbocycles. The molecule has 4 nitrogen and oxygen atoms in total. The van der Waals surface area contributed by atoms with Crippen molar-refractivity contribution in [2.45, 2.75) is 35.6 Å². The molecule has 2 heterocycles. The van der Waals surface area contributed by atoms with Gasteiger partial charge in [-0.2, -0.15) is 0 Å². The second kappa shape index (κ2) is 9.73. The van der Waals surface area contributed by atoms with Crippen molar-refractivity contribution in [2.24, 2.45) is 0 Å². The Kier molecular flexibility index (Phi) is 6.60. The molecule has 4 rings (SSSR count). The van der Waals surface area contributed by atoms with E-state index in [2.05, 4.69) is 29.2 Å². The third-order valence-corrected chi connectivity index (χ3v) is 5.63. The fourth-order valence-corrected chi connectivity index (χ4v) is 4.21. The van der Waals surface area contributed by atoms with Gasteiger partial charge in [-0.25, -0.2) is 4.98 Å². The molecule has 0 amide bonds. The van der Waals surface area contributed by atoms with Crippen LogP contribution in [0.5, 0.6) is 5.88 Å². The molecular formula is C23H23NO3S. The van der Waals surface area contributed by atoms with Crippen LogP contribution < -0.4 is 4.74 Å². The molecular weight excluding hydrogens is 370 g/mol. The van der Waals surface area contributed by atoms with E-state index in [0.29, 0.717) is 19.1 Å². The molecule has 144 valence electrons. The molecule has 3 atom stereocenters. The van der Waals surface area contributed by atoms with Crippen LogP contribution in [0.3, 0.4) is 0 Å². The molecule has 0 aliphatic carbocycles. The van der Waals surface area contributed by atoms with E-state index in [1.807, 2.05) is 54.6 Å². The molecule has 5 heteroatoms. The molecule has 1 unspecified atom stereocenters. The quantitative estimate of drug-likeness (QED) is 0.541. The topological polar surface area (TPSA) is 40.6 Å². The number of ether oxygens (including phenoxy) is 3. The van der Waals surface area contributed by atoms with Gasteiger partial charge in [0, 0.05) is 23.6 Å². The highest BCUT2D eigenvalue weighted by Gasteiger charge is 2.37. The molecule has 0 spiro atoms. The van der Waals surface area contributed by atoms with Crippen LogP contribution in [0.1, 0.15) is 12.0 Å². The van der Waals surface area contributed by atoms with Crippen LogP contribution in [-0.2, 0) is 16.1 Å². The molecule has 3 aromatic rings. The lowest BCUT2D eigenvalue weighted by atomic mass is 10.2. The van der Waals surface area contributed by atoms with E-state index < -0.39 is 0 Å². The molecule has 1 aromatic heterocycles. The minimum atomic E-state index is -0.132. The van der Waals surface area contributed by atoms with Gasteiger partial charge in [-0.3, -0.25) is 0 Å². The molecule has 1 fully saturated rings. The second-order valence-electron chi connectivity index (χ2n) is 6.58. The van der Waals surface area contributed by atoms with Crippen molar-refractivity contribution in [2.75, 3.05) is 6.61 Å². The lowest BCUT2D eigenvalue weighted by molar-refractivity contribution is -0.0386. The Bertz CT molecular complexity index is 781. The minimum Gasteiger partial charge on any atom is -0.475 e. The van der Waals surface area contributed by atoms with Crippen molar-refractivity contribution in [3.63, 3.8) is 0 Å². The van der Waals surface area contributed by atoms with Crippen molar-refractivity contribution in [3.05, 3.63) is 90.6 Å². The summed E-state index contributed by atoms with van der Waals surface area (Å²) in [5.41, 5.74) is 1.20. The first-order valence-corrected chi connectivity index (χ1v) is 10.3. The Morgan fingerprint density at radius 3 is 2.43 bits per heavy atom. The standard InChI is InChI=1S/C23H23NO3S/c1-3-9-18(10-4-1)16-25-20-15-23(28-19-11-5-2-6-12-19)27-21(20)17-26-22-13-7-8-14-24-22/h1-14,20-21,23H,15-17H2/t20-,21+,23?/m0/s1.